The molecule has 21 heavy (non-hydrogen) atoms. The van der Waals surface area contributed by atoms with E-state index < -0.39 is 5.63 Å². The molecule has 1 heterocycles. The summed E-state index contributed by atoms with van der Waals surface area (Å²) >= 11 is 6.18. The van der Waals surface area contributed by atoms with Crippen LogP contribution in [0.4, 0.5) is 5.69 Å². The van der Waals surface area contributed by atoms with Gasteiger partial charge in [-0.25, -0.2) is 4.79 Å². The highest BCUT2D eigenvalue weighted by atomic mass is 35.5. The molecule has 4 nitrogen and oxygen atoms in total. The van der Waals surface area contributed by atoms with Crippen LogP contribution in [0.2, 0.25) is 5.02 Å². The van der Waals surface area contributed by atoms with Gasteiger partial charge in [-0.3, -0.25) is 0 Å². The minimum absolute atomic E-state index is 0.278. The molecule has 1 aromatic heterocycles. The van der Waals surface area contributed by atoms with E-state index in [4.69, 9.17) is 26.9 Å². The topological polar surface area (TPSA) is 76.5 Å². The molecule has 5 heteroatoms. The molecular formula is C16H10ClNO3. The van der Waals surface area contributed by atoms with Crippen LogP contribution in [0.5, 0.6) is 0 Å². The van der Waals surface area contributed by atoms with Gasteiger partial charge in [0, 0.05) is 28.1 Å². The minimum atomic E-state index is -0.480. The molecule has 0 bridgehead atoms. The Morgan fingerprint density at radius 2 is 2.00 bits per heavy atom. The van der Waals surface area contributed by atoms with E-state index >= 15 is 0 Å². The van der Waals surface area contributed by atoms with Gasteiger partial charge in [0.15, 0.2) is 0 Å². The third kappa shape index (κ3) is 2.33. The van der Waals surface area contributed by atoms with Crippen LogP contribution in [0.3, 0.4) is 0 Å². The first-order valence-corrected chi connectivity index (χ1v) is 6.53. The summed E-state index contributed by atoms with van der Waals surface area (Å²) in [5.41, 5.74) is 6.62. The predicted octanol–water partition coefficient (Wildman–Crippen LogP) is 2.53. The van der Waals surface area contributed by atoms with E-state index in [9.17, 15) is 4.79 Å². The zero-order valence-electron chi connectivity index (χ0n) is 10.8. The van der Waals surface area contributed by atoms with Crippen LogP contribution in [0.1, 0.15) is 5.56 Å². The van der Waals surface area contributed by atoms with E-state index in [1.807, 2.05) is 0 Å². The molecule has 104 valence electrons. The Morgan fingerprint density at radius 1 is 1.19 bits per heavy atom. The number of fused-ring (bicyclic) bond motifs is 3. The molecule has 0 aliphatic heterocycles. The molecule has 0 amide bonds. The monoisotopic (exact) mass is 299 g/mol. The average Bonchev–Trinajstić information content (AvgIpc) is 2.45. The lowest BCUT2D eigenvalue weighted by molar-refractivity contribution is 0.350. The highest BCUT2D eigenvalue weighted by Crippen LogP contribution is 2.28. The molecule has 0 saturated carbocycles. The number of rotatable bonds is 0. The molecule has 3 N–H and O–H groups in total. The number of nitrogen functional groups attached to an aromatic ring is 1. The zero-order chi connectivity index (χ0) is 15.0. The van der Waals surface area contributed by atoms with Crippen LogP contribution in [0, 0.1) is 11.8 Å². The molecule has 0 spiro atoms. The number of hydrogen-bond donors (Lipinski definition) is 2. The van der Waals surface area contributed by atoms with E-state index in [-0.39, 0.29) is 6.61 Å². The van der Waals surface area contributed by atoms with Gasteiger partial charge in [-0.15, -0.1) is 0 Å². The molecule has 2 aromatic carbocycles. The van der Waals surface area contributed by atoms with Crippen LogP contribution in [0.25, 0.3) is 21.7 Å². The smallest absolute Gasteiger partial charge is 0.344 e. The highest BCUT2D eigenvalue weighted by Gasteiger charge is 2.10. The molecule has 0 aliphatic carbocycles. The third-order valence-electron chi connectivity index (χ3n) is 3.13. The fraction of sp³-hybridized carbons (Fsp3) is 0.0625. The number of anilines is 1. The van der Waals surface area contributed by atoms with Crippen molar-refractivity contribution in [1.82, 2.24) is 0 Å². The summed E-state index contributed by atoms with van der Waals surface area (Å²) in [5.74, 6) is 5.21. The standard InChI is InChI=1S/C16H10ClNO3/c17-14-8-12-11-4-3-10(18)7-15(11)21-16(20)13(12)6-9(14)2-1-5-19/h3-4,6-8,19H,5,18H2. The summed E-state index contributed by atoms with van der Waals surface area (Å²) in [6, 6.07) is 8.36. The predicted molar refractivity (Wildman–Crippen MR) is 83.4 cm³/mol. The Bertz CT molecular complexity index is 980. The first-order chi connectivity index (χ1) is 10.1. The molecule has 0 saturated heterocycles. The lowest BCUT2D eigenvalue weighted by atomic mass is 10.0. The molecular weight excluding hydrogens is 290 g/mol. The minimum Gasteiger partial charge on any atom is -0.422 e. The number of benzene rings is 2. The van der Waals surface area contributed by atoms with Gasteiger partial charge in [0.05, 0.1) is 10.4 Å². The zero-order valence-corrected chi connectivity index (χ0v) is 11.6. The van der Waals surface area contributed by atoms with E-state index in [0.717, 1.165) is 5.39 Å². The van der Waals surface area contributed by atoms with Gasteiger partial charge in [-0.05, 0) is 24.3 Å². The summed E-state index contributed by atoms with van der Waals surface area (Å²) < 4.78 is 5.28. The van der Waals surface area contributed by atoms with Crippen LogP contribution >= 0.6 is 11.6 Å². The Morgan fingerprint density at radius 3 is 2.76 bits per heavy atom. The second kappa shape index (κ2) is 5.13. The van der Waals surface area contributed by atoms with Gasteiger partial charge in [-0.2, -0.15) is 0 Å². The van der Waals surface area contributed by atoms with Crippen molar-refractivity contribution in [3.8, 4) is 11.8 Å². The molecule has 0 fully saturated rings. The fourth-order valence-corrected chi connectivity index (χ4v) is 2.41. The van der Waals surface area contributed by atoms with Crippen LogP contribution < -0.4 is 11.4 Å². The average molecular weight is 300 g/mol. The SMILES string of the molecule is Nc1ccc2c(c1)oc(=O)c1cc(C#CCO)c(Cl)cc12. The first-order valence-electron chi connectivity index (χ1n) is 6.15. The summed E-state index contributed by atoms with van der Waals surface area (Å²) in [5, 5.41) is 11.0. The van der Waals surface area contributed by atoms with Crippen molar-refractivity contribution in [2.45, 2.75) is 0 Å². The van der Waals surface area contributed by atoms with Crippen LogP contribution in [-0.2, 0) is 0 Å². The van der Waals surface area contributed by atoms with Crippen molar-refractivity contribution >= 4 is 39.0 Å². The normalized spacial score (nSPS) is 10.6. The van der Waals surface area contributed by atoms with E-state index in [2.05, 4.69) is 11.8 Å². The Hall–Kier alpha value is -2.48. The summed E-state index contributed by atoms with van der Waals surface area (Å²) in [6.07, 6.45) is 0. The number of aliphatic hydroxyl groups excluding tert-OH is 1. The maximum absolute atomic E-state index is 12.1. The number of nitrogens with two attached hydrogens (primary N) is 1. The summed E-state index contributed by atoms with van der Waals surface area (Å²) in [7, 11) is 0. The maximum atomic E-state index is 12.1. The Labute approximate surface area is 124 Å². The van der Waals surface area contributed by atoms with E-state index in [1.54, 1.807) is 30.3 Å². The first kappa shape index (κ1) is 13.5. The quantitative estimate of drug-likeness (QED) is 0.289. The van der Waals surface area contributed by atoms with E-state index in [0.29, 0.717) is 32.6 Å². The lowest BCUT2D eigenvalue weighted by Gasteiger charge is -2.05. The van der Waals surface area contributed by atoms with Gasteiger partial charge in [-0.1, -0.05) is 23.4 Å². The molecule has 0 atom stereocenters. The van der Waals surface area contributed by atoms with Crippen molar-refractivity contribution in [2.24, 2.45) is 0 Å². The third-order valence-corrected chi connectivity index (χ3v) is 3.44. The molecule has 3 aromatic rings. The fourth-order valence-electron chi connectivity index (χ4n) is 2.20. The molecule has 0 aliphatic rings. The van der Waals surface area contributed by atoms with Crippen molar-refractivity contribution in [3.05, 3.63) is 51.3 Å². The largest absolute Gasteiger partial charge is 0.422 e. The van der Waals surface area contributed by atoms with E-state index in [1.165, 1.54) is 0 Å². The van der Waals surface area contributed by atoms with Gasteiger partial charge in [0.1, 0.15) is 12.2 Å². The van der Waals surface area contributed by atoms with Gasteiger partial charge in [0.2, 0.25) is 0 Å². The maximum Gasteiger partial charge on any atom is 0.344 e. The number of halogens is 1. The molecule has 0 unspecified atom stereocenters. The molecule has 3 rings (SSSR count). The number of aliphatic hydroxyl groups is 1. The van der Waals surface area contributed by atoms with Crippen LogP contribution in [-0.4, -0.2) is 11.7 Å². The van der Waals surface area contributed by atoms with Gasteiger partial charge >= 0.3 is 5.63 Å². The number of hydrogen-bond acceptors (Lipinski definition) is 4. The summed E-state index contributed by atoms with van der Waals surface area (Å²) in [6.45, 7) is -0.278. The lowest BCUT2D eigenvalue weighted by Crippen LogP contribution is -2.01. The van der Waals surface area contributed by atoms with Crippen molar-refractivity contribution < 1.29 is 9.52 Å². The molecule has 0 radical (unpaired) electrons. The second-order valence-corrected chi connectivity index (χ2v) is 4.89. The highest BCUT2D eigenvalue weighted by molar-refractivity contribution is 6.33. The van der Waals surface area contributed by atoms with Crippen LogP contribution in [0.15, 0.2) is 39.5 Å². The van der Waals surface area contributed by atoms with Gasteiger partial charge < -0.3 is 15.3 Å². The summed E-state index contributed by atoms with van der Waals surface area (Å²) in [4.78, 5) is 12.1. The second-order valence-electron chi connectivity index (χ2n) is 4.48. The Balaban J connectivity index is 2.43. The Kier molecular flexibility index (Phi) is 3.30. The van der Waals surface area contributed by atoms with Crippen molar-refractivity contribution in [3.63, 3.8) is 0 Å². The van der Waals surface area contributed by atoms with Crippen molar-refractivity contribution in [1.29, 1.82) is 0 Å². The van der Waals surface area contributed by atoms with Gasteiger partial charge in [0.25, 0.3) is 0 Å². The van der Waals surface area contributed by atoms with Crippen molar-refractivity contribution in [2.75, 3.05) is 12.3 Å².